The summed E-state index contributed by atoms with van der Waals surface area (Å²) >= 11 is 0. The summed E-state index contributed by atoms with van der Waals surface area (Å²) in [5.74, 6) is -0.315. The summed E-state index contributed by atoms with van der Waals surface area (Å²) in [4.78, 5) is 30.2. The molecule has 8 heteroatoms. The molecule has 0 radical (unpaired) electrons. The Hall–Kier alpha value is -2.48. The van der Waals surface area contributed by atoms with E-state index in [-0.39, 0.29) is 5.97 Å². The first-order valence-electron chi connectivity index (χ1n) is 8.22. The number of hydrogen-bond acceptors (Lipinski definition) is 7. The van der Waals surface area contributed by atoms with Crippen molar-refractivity contribution < 1.29 is 19.2 Å². The Balaban J connectivity index is 2.01. The van der Waals surface area contributed by atoms with Crippen LogP contribution in [0.4, 0.5) is 21.9 Å². The summed E-state index contributed by atoms with van der Waals surface area (Å²) in [6.45, 7) is 9.41. The molecule has 0 aromatic heterocycles. The van der Waals surface area contributed by atoms with Gasteiger partial charge in [0.2, 0.25) is 0 Å². The molecule has 1 aromatic rings. The van der Waals surface area contributed by atoms with Crippen molar-refractivity contribution in [1.82, 2.24) is 5.06 Å². The van der Waals surface area contributed by atoms with Crippen molar-refractivity contribution in [2.45, 2.75) is 33.3 Å². The lowest BCUT2D eigenvalue weighted by atomic mass is 10.2. The Morgan fingerprint density at radius 3 is 2.36 bits per heavy atom. The number of carbonyl (C=O) groups is 2. The van der Waals surface area contributed by atoms with Crippen molar-refractivity contribution in [3.05, 3.63) is 18.2 Å². The van der Waals surface area contributed by atoms with Gasteiger partial charge in [0.25, 0.3) is 0 Å². The van der Waals surface area contributed by atoms with Crippen LogP contribution in [0, 0.1) is 0 Å². The maximum Gasteiger partial charge on any atom is 0.412 e. The number of hydroxylamine groups is 2. The number of nitrogen functional groups attached to an aromatic ring is 1. The molecule has 8 nitrogen and oxygen atoms in total. The quantitative estimate of drug-likeness (QED) is 0.807. The number of amides is 1. The minimum atomic E-state index is -0.580. The SMILES string of the molecule is CC(=O)ON1CCN(c2ccc(N)c(NC(=O)OC(C)(C)C)c2)CC1. The van der Waals surface area contributed by atoms with E-state index in [1.807, 2.05) is 12.1 Å². The molecule has 2 rings (SSSR count). The second-order valence-corrected chi connectivity index (χ2v) is 6.90. The summed E-state index contributed by atoms with van der Waals surface area (Å²) in [5.41, 5.74) is 7.28. The highest BCUT2D eigenvalue weighted by molar-refractivity contribution is 5.90. The molecule has 1 aliphatic heterocycles. The average Bonchev–Trinajstić information content (AvgIpc) is 2.48. The first kappa shape index (κ1) is 18.9. The van der Waals surface area contributed by atoms with E-state index in [4.69, 9.17) is 15.3 Å². The van der Waals surface area contributed by atoms with Gasteiger partial charge in [-0.3, -0.25) is 10.1 Å². The number of piperazine rings is 1. The van der Waals surface area contributed by atoms with Crippen molar-refractivity contribution in [2.75, 3.05) is 42.1 Å². The number of carbonyl (C=O) groups excluding carboxylic acids is 2. The summed E-state index contributed by atoms with van der Waals surface area (Å²) in [6, 6.07) is 5.47. The summed E-state index contributed by atoms with van der Waals surface area (Å²) < 4.78 is 5.26. The second kappa shape index (κ2) is 7.60. The van der Waals surface area contributed by atoms with Crippen LogP contribution in [0.3, 0.4) is 0 Å². The second-order valence-electron chi connectivity index (χ2n) is 6.90. The maximum atomic E-state index is 12.0. The molecule has 0 atom stereocenters. The standard InChI is InChI=1S/C17H26N4O4/c1-12(22)25-21-9-7-20(8-10-21)13-5-6-14(18)15(11-13)19-16(23)24-17(2,3)4/h5-6,11H,7-10,18H2,1-4H3,(H,19,23). The maximum absolute atomic E-state index is 12.0. The van der Waals surface area contributed by atoms with Crippen LogP contribution >= 0.6 is 0 Å². The van der Waals surface area contributed by atoms with Crippen molar-refractivity contribution in [3.63, 3.8) is 0 Å². The van der Waals surface area contributed by atoms with Crippen molar-refractivity contribution in [2.24, 2.45) is 0 Å². The Morgan fingerprint density at radius 2 is 1.80 bits per heavy atom. The molecule has 3 N–H and O–H groups in total. The first-order chi connectivity index (χ1) is 11.6. The van der Waals surface area contributed by atoms with Gasteiger partial charge in [0, 0.05) is 25.7 Å². The normalized spacial score (nSPS) is 15.6. The van der Waals surface area contributed by atoms with E-state index in [9.17, 15) is 9.59 Å². The van der Waals surface area contributed by atoms with Gasteiger partial charge in [-0.2, -0.15) is 0 Å². The van der Waals surface area contributed by atoms with Gasteiger partial charge < -0.3 is 20.2 Å². The van der Waals surface area contributed by atoms with Crippen LogP contribution in [0.1, 0.15) is 27.7 Å². The molecule has 1 fully saturated rings. The van der Waals surface area contributed by atoms with Crippen LogP contribution in [0.2, 0.25) is 0 Å². The molecule has 1 saturated heterocycles. The zero-order chi connectivity index (χ0) is 18.6. The topological polar surface area (TPSA) is 97.1 Å². The van der Waals surface area contributed by atoms with Crippen LogP contribution in [0.25, 0.3) is 0 Å². The minimum absolute atomic E-state index is 0.315. The summed E-state index contributed by atoms with van der Waals surface area (Å²) in [7, 11) is 0. The molecule has 0 unspecified atom stereocenters. The van der Waals surface area contributed by atoms with Crippen LogP contribution < -0.4 is 16.0 Å². The van der Waals surface area contributed by atoms with E-state index >= 15 is 0 Å². The smallest absolute Gasteiger partial charge is 0.412 e. The monoisotopic (exact) mass is 350 g/mol. The number of anilines is 3. The molecule has 0 saturated carbocycles. The van der Waals surface area contributed by atoms with Gasteiger partial charge in [-0.1, -0.05) is 0 Å². The lowest BCUT2D eigenvalue weighted by Gasteiger charge is -2.34. The van der Waals surface area contributed by atoms with Gasteiger partial charge in [0.05, 0.1) is 24.5 Å². The molecular formula is C17H26N4O4. The fourth-order valence-electron chi connectivity index (χ4n) is 2.48. The van der Waals surface area contributed by atoms with Gasteiger partial charge >= 0.3 is 12.1 Å². The third-order valence-corrected chi connectivity index (χ3v) is 3.53. The van der Waals surface area contributed by atoms with E-state index in [0.29, 0.717) is 37.6 Å². The molecule has 1 aliphatic rings. The third kappa shape index (κ3) is 5.82. The van der Waals surface area contributed by atoms with Crippen molar-refractivity contribution in [3.8, 4) is 0 Å². The third-order valence-electron chi connectivity index (χ3n) is 3.53. The number of benzene rings is 1. The molecule has 0 aliphatic carbocycles. The van der Waals surface area contributed by atoms with Gasteiger partial charge in [-0.05, 0) is 39.0 Å². The number of ether oxygens (including phenoxy) is 1. The average molecular weight is 350 g/mol. The Bertz CT molecular complexity index is 634. The minimum Gasteiger partial charge on any atom is -0.444 e. The van der Waals surface area contributed by atoms with Crippen molar-refractivity contribution in [1.29, 1.82) is 0 Å². The van der Waals surface area contributed by atoms with E-state index in [1.165, 1.54) is 6.92 Å². The highest BCUT2D eigenvalue weighted by atomic mass is 16.7. The first-order valence-corrected chi connectivity index (χ1v) is 8.22. The number of nitrogens with two attached hydrogens (primary N) is 1. The molecule has 25 heavy (non-hydrogen) atoms. The molecule has 0 spiro atoms. The lowest BCUT2D eigenvalue weighted by Crippen LogP contribution is -2.46. The fraction of sp³-hybridized carbons (Fsp3) is 0.529. The Kier molecular flexibility index (Phi) is 5.73. The van der Waals surface area contributed by atoms with Crippen molar-refractivity contribution >= 4 is 29.1 Å². The highest BCUT2D eigenvalue weighted by Crippen LogP contribution is 2.27. The largest absolute Gasteiger partial charge is 0.444 e. The fourth-order valence-corrected chi connectivity index (χ4v) is 2.48. The van der Waals surface area contributed by atoms with Gasteiger partial charge in [0.1, 0.15) is 5.60 Å². The molecule has 0 bridgehead atoms. The number of rotatable bonds is 3. The van der Waals surface area contributed by atoms with Gasteiger partial charge in [0.15, 0.2) is 0 Å². The number of nitrogens with zero attached hydrogens (tertiary/aromatic N) is 2. The molecule has 1 amide bonds. The molecular weight excluding hydrogens is 324 g/mol. The van der Waals surface area contributed by atoms with Gasteiger partial charge in [-0.15, -0.1) is 5.06 Å². The zero-order valence-electron chi connectivity index (χ0n) is 15.2. The van der Waals surface area contributed by atoms with Crippen LogP contribution in [0.5, 0.6) is 0 Å². The predicted molar refractivity (Wildman–Crippen MR) is 96.3 cm³/mol. The van der Waals surface area contributed by atoms with E-state index < -0.39 is 11.7 Å². The number of hydrogen-bond donors (Lipinski definition) is 2. The molecule has 138 valence electrons. The Labute approximate surface area is 147 Å². The molecule has 1 aromatic carbocycles. The zero-order valence-corrected chi connectivity index (χ0v) is 15.2. The summed E-state index contributed by atoms with van der Waals surface area (Å²) in [6.07, 6.45) is -0.545. The molecule has 1 heterocycles. The lowest BCUT2D eigenvalue weighted by molar-refractivity contribution is -0.188. The van der Waals surface area contributed by atoms with Crippen LogP contribution in [-0.2, 0) is 14.4 Å². The van der Waals surface area contributed by atoms with Crippen LogP contribution in [0.15, 0.2) is 18.2 Å². The Morgan fingerprint density at radius 1 is 1.16 bits per heavy atom. The van der Waals surface area contributed by atoms with Gasteiger partial charge in [-0.25, -0.2) is 4.79 Å². The number of nitrogens with one attached hydrogen (secondary N) is 1. The summed E-state index contributed by atoms with van der Waals surface area (Å²) in [5, 5.41) is 4.34. The van der Waals surface area contributed by atoms with Crippen LogP contribution in [-0.4, -0.2) is 48.9 Å². The van der Waals surface area contributed by atoms with E-state index in [1.54, 1.807) is 31.9 Å². The predicted octanol–water partition coefficient (Wildman–Crippen LogP) is 2.22. The van der Waals surface area contributed by atoms with E-state index in [0.717, 1.165) is 5.69 Å². The highest BCUT2D eigenvalue weighted by Gasteiger charge is 2.21. The van der Waals surface area contributed by atoms with E-state index in [2.05, 4.69) is 10.2 Å².